The van der Waals surface area contributed by atoms with E-state index in [1.54, 1.807) is 0 Å². The van der Waals surface area contributed by atoms with E-state index in [4.69, 9.17) is 5.73 Å². The van der Waals surface area contributed by atoms with E-state index in [9.17, 15) is 13.2 Å². The molecular formula is C7H7F3N2. The van der Waals surface area contributed by atoms with Crippen LogP contribution in [0.5, 0.6) is 0 Å². The highest BCUT2D eigenvalue weighted by Crippen LogP contribution is 2.19. The Bertz CT molecular complexity index is 275. The maximum atomic E-state index is 12.6. The third kappa shape index (κ3) is 1.73. The summed E-state index contributed by atoms with van der Waals surface area (Å²) in [6.45, 7) is -0.126. The maximum Gasteiger partial charge on any atom is 0.265 e. The van der Waals surface area contributed by atoms with Crippen LogP contribution >= 0.6 is 0 Å². The largest absolute Gasteiger partial charge is 0.326 e. The third-order valence-corrected chi connectivity index (χ3v) is 1.40. The molecule has 1 heterocycles. The van der Waals surface area contributed by atoms with Crippen molar-refractivity contribution in [1.82, 2.24) is 4.98 Å². The highest BCUT2D eigenvalue weighted by molar-refractivity contribution is 5.19. The molecular weight excluding hydrogens is 169 g/mol. The Morgan fingerprint density at radius 3 is 2.67 bits per heavy atom. The predicted molar refractivity (Wildman–Crippen MR) is 37.0 cm³/mol. The first-order valence-corrected chi connectivity index (χ1v) is 3.27. The quantitative estimate of drug-likeness (QED) is 0.695. The van der Waals surface area contributed by atoms with Crippen molar-refractivity contribution in [3.8, 4) is 0 Å². The number of hydrogen-bond acceptors (Lipinski definition) is 2. The van der Waals surface area contributed by atoms with E-state index in [1.807, 2.05) is 0 Å². The van der Waals surface area contributed by atoms with E-state index in [0.717, 1.165) is 12.3 Å². The molecule has 2 N–H and O–H groups in total. The molecule has 1 rings (SSSR count). The highest BCUT2D eigenvalue weighted by Gasteiger charge is 2.10. The van der Waals surface area contributed by atoms with Crippen LogP contribution in [0.2, 0.25) is 0 Å². The SMILES string of the molecule is NCc1cc(C(F)F)cnc1F. The van der Waals surface area contributed by atoms with Crippen molar-refractivity contribution in [3.63, 3.8) is 0 Å². The lowest BCUT2D eigenvalue weighted by Crippen LogP contribution is -2.03. The van der Waals surface area contributed by atoms with Crippen molar-refractivity contribution in [1.29, 1.82) is 0 Å². The lowest BCUT2D eigenvalue weighted by Gasteiger charge is -2.02. The van der Waals surface area contributed by atoms with E-state index in [1.165, 1.54) is 0 Å². The summed E-state index contributed by atoms with van der Waals surface area (Å²) in [7, 11) is 0. The summed E-state index contributed by atoms with van der Waals surface area (Å²) in [6.07, 6.45) is -1.83. The van der Waals surface area contributed by atoms with Gasteiger partial charge in [0.15, 0.2) is 0 Å². The van der Waals surface area contributed by atoms with E-state index in [0.29, 0.717) is 0 Å². The van der Waals surface area contributed by atoms with Gasteiger partial charge >= 0.3 is 0 Å². The van der Waals surface area contributed by atoms with Crippen LogP contribution in [0.3, 0.4) is 0 Å². The Morgan fingerprint density at radius 1 is 1.50 bits per heavy atom. The van der Waals surface area contributed by atoms with Gasteiger partial charge in [-0.1, -0.05) is 0 Å². The molecule has 0 spiro atoms. The zero-order valence-electron chi connectivity index (χ0n) is 6.10. The smallest absolute Gasteiger partial charge is 0.265 e. The van der Waals surface area contributed by atoms with Gasteiger partial charge in [0.2, 0.25) is 5.95 Å². The number of pyridine rings is 1. The number of aromatic nitrogens is 1. The van der Waals surface area contributed by atoms with Crippen molar-refractivity contribution in [3.05, 3.63) is 29.3 Å². The molecule has 0 bridgehead atoms. The fourth-order valence-corrected chi connectivity index (χ4v) is 0.775. The van der Waals surface area contributed by atoms with Crippen molar-refractivity contribution in [2.75, 3.05) is 0 Å². The molecule has 2 nitrogen and oxygen atoms in total. The Morgan fingerprint density at radius 2 is 2.17 bits per heavy atom. The number of alkyl halides is 2. The molecule has 0 aromatic carbocycles. The van der Waals surface area contributed by atoms with Crippen LogP contribution in [0.1, 0.15) is 17.6 Å². The Labute approximate surface area is 67.2 Å². The van der Waals surface area contributed by atoms with Crippen molar-refractivity contribution >= 4 is 0 Å². The average Bonchev–Trinajstić information content (AvgIpc) is 2.05. The van der Waals surface area contributed by atoms with E-state index >= 15 is 0 Å². The number of nitrogens with two attached hydrogens (primary N) is 1. The molecule has 12 heavy (non-hydrogen) atoms. The zero-order chi connectivity index (χ0) is 9.14. The molecule has 0 aliphatic carbocycles. The normalized spacial score (nSPS) is 10.8. The van der Waals surface area contributed by atoms with Crippen LogP contribution in [-0.2, 0) is 6.54 Å². The molecule has 0 unspecified atom stereocenters. The zero-order valence-corrected chi connectivity index (χ0v) is 6.10. The van der Waals surface area contributed by atoms with Gasteiger partial charge in [0.1, 0.15) is 0 Å². The molecule has 0 saturated carbocycles. The first-order chi connectivity index (χ1) is 5.65. The van der Waals surface area contributed by atoms with Crippen molar-refractivity contribution in [2.45, 2.75) is 13.0 Å². The van der Waals surface area contributed by atoms with Crippen LogP contribution in [0, 0.1) is 5.95 Å². The standard InChI is InChI=1S/C7H7F3N2/c8-6(9)5-1-4(2-11)7(10)12-3-5/h1,3,6H,2,11H2. The van der Waals surface area contributed by atoms with Gasteiger partial charge in [0.25, 0.3) is 6.43 Å². The average molecular weight is 176 g/mol. The molecule has 0 aliphatic rings. The molecule has 66 valence electrons. The van der Waals surface area contributed by atoms with Gasteiger partial charge < -0.3 is 5.73 Å². The second kappa shape index (κ2) is 3.53. The van der Waals surface area contributed by atoms with Crippen LogP contribution in [-0.4, -0.2) is 4.98 Å². The molecule has 5 heteroatoms. The van der Waals surface area contributed by atoms with Gasteiger partial charge in [-0.25, -0.2) is 13.8 Å². The van der Waals surface area contributed by atoms with E-state index in [2.05, 4.69) is 4.98 Å². The Balaban J connectivity index is 3.05. The molecule has 0 fully saturated rings. The molecule has 0 radical (unpaired) electrons. The summed E-state index contributed by atoms with van der Waals surface area (Å²) in [5.74, 6) is -0.790. The Kier molecular flexibility index (Phi) is 2.65. The summed E-state index contributed by atoms with van der Waals surface area (Å²) in [6, 6.07) is 1.02. The summed E-state index contributed by atoms with van der Waals surface area (Å²) in [4.78, 5) is 3.14. The number of halogens is 3. The maximum absolute atomic E-state index is 12.6. The minimum Gasteiger partial charge on any atom is -0.326 e. The van der Waals surface area contributed by atoms with Crippen LogP contribution in [0.25, 0.3) is 0 Å². The molecule has 0 saturated heterocycles. The topological polar surface area (TPSA) is 38.9 Å². The fourth-order valence-electron chi connectivity index (χ4n) is 0.775. The summed E-state index contributed by atoms with van der Waals surface area (Å²) in [5, 5.41) is 0. The summed E-state index contributed by atoms with van der Waals surface area (Å²) in [5.41, 5.74) is 4.79. The van der Waals surface area contributed by atoms with E-state index in [-0.39, 0.29) is 17.7 Å². The third-order valence-electron chi connectivity index (χ3n) is 1.40. The fraction of sp³-hybridized carbons (Fsp3) is 0.286. The molecule has 1 aromatic rings. The van der Waals surface area contributed by atoms with Crippen LogP contribution in [0.15, 0.2) is 12.3 Å². The van der Waals surface area contributed by atoms with Gasteiger partial charge in [-0.05, 0) is 6.07 Å². The highest BCUT2D eigenvalue weighted by atomic mass is 19.3. The van der Waals surface area contributed by atoms with Gasteiger partial charge in [0.05, 0.1) is 0 Å². The minimum atomic E-state index is -2.64. The first-order valence-electron chi connectivity index (χ1n) is 3.27. The Hall–Kier alpha value is -1.10. The van der Waals surface area contributed by atoms with Gasteiger partial charge in [-0.2, -0.15) is 4.39 Å². The summed E-state index contributed by atoms with van der Waals surface area (Å²) < 4.78 is 36.6. The lowest BCUT2D eigenvalue weighted by atomic mass is 10.2. The lowest BCUT2D eigenvalue weighted by molar-refractivity contribution is 0.150. The molecule has 0 aliphatic heterocycles. The summed E-state index contributed by atoms with van der Waals surface area (Å²) >= 11 is 0. The number of hydrogen-bond donors (Lipinski definition) is 1. The van der Waals surface area contributed by atoms with Gasteiger partial charge in [-0.3, -0.25) is 0 Å². The number of nitrogens with zero attached hydrogens (tertiary/aromatic N) is 1. The monoisotopic (exact) mass is 176 g/mol. The number of rotatable bonds is 2. The second-order valence-corrected chi connectivity index (χ2v) is 2.22. The molecule has 1 aromatic heterocycles. The second-order valence-electron chi connectivity index (χ2n) is 2.22. The molecule has 0 atom stereocenters. The van der Waals surface area contributed by atoms with Crippen molar-refractivity contribution < 1.29 is 13.2 Å². The van der Waals surface area contributed by atoms with Gasteiger partial charge in [0, 0.05) is 23.9 Å². The minimum absolute atomic E-state index is 0.00722. The van der Waals surface area contributed by atoms with Gasteiger partial charge in [-0.15, -0.1) is 0 Å². The molecule has 0 amide bonds. The van der Waals surface area contributed by atoms with Crippen molar-refractivity contribution in [2.24, 2.45) is 5.73 Å². The van der Waals surface area contributed by atoms with Crippen LogP contribution in [0.4, 0.5) is 13.2 Å². The van der Waals surface area contributed by atoms with E-state index < -0.39 is 12.4 Å². The predicted octanol–water partition coefficient (Wildman–Crippen LogP) is 1.62. The van der Waals surface area contributed by atoms with Crippen LogP contribution < -0.4 is 5.73 Å². The first kappa shape index (κ1) is 8.99.